The van der Waals surface area contributed by atoms with Crippen molar-refractivity contribution in [1.82, 2.24) is 14.9 Å². The summed E-state index contributed by atoms with van der Waals surface area (Å²) in [4.78, 5) is 21.8. The van der Waals surface area contributed by atoms with Crippen LogP contribution in [0.5, 0.6) is 11.8 Å². The van der Waals surface area contributed by atoms with Crippen LogP contribution >= 0.6 is 0 Å². The first-order valence-electron chi connectivity index (χ1n) is 8.64. The third kappa shape index (κ3) is 4.70. The van der Waals surface area contributed by atoms with Gasteiger partial charge in [-0.15, -0.1) is 0 Å². The first kappa shape index (κ1) is 18.1. The lowest BCUT2D eigenvalue weighted by Crippen LogP contribution is -2.54. The van der Waals surface area contributed by atoms with Crippen molar-refractivity contribution in [1.29, 1.82) is 0 Å². The molecule has 1 N–H and O–H groups in total. The van der Waals surface area contributed by atoms with Crippen molar-refractivity contribution in [2.45, 2.75) is 25.4 Å². The first-order valence-corrected chi connectivity index (χ1v) is 8.64. The zero-order valence-electron chi connectivity index (χ0n) is 14.8. The number of nitrogens with zero attached hydrogens (tertiary/aromatic N) is 3. The van der Waals surface area contributed by atoms with Gasteiger partial charge in [0.2, 0.25) is 0 Å². The van der Waals surface area contributed by atoms with E-state index in [0.29, 0.717) is 19.4 Å². The minimum Gasteiger partial charge on any atom is -0.490 e. The van der Waals surface area contributed by atoms with Crippen molar-refractivity contribution in [3.05, 3.63) is 48.3 Å². The van der Waals surface area contributed by atoms with Crippen LogP contribution in [0.2, 0.25) is 0 Å². The molecule has 1 amide bonds. The van der Waals surface area contributed by atoms with Gasteiger partial charge in [0.15, 0.2) is 6.61 Å². The number of hydrogen-bond donors (Lipinski definition) is 1. The maximum absolute atomic E-state index is 12.4. The first-order chi connectivity index (χ1) is 12.6. The second kappa shape index (κ2) is 8.14. The number of benzene rings is 1. The van der Waals surface area contributed by atoms with Crippen molar-refractivity contribution in [3.8, 4) is 11.8 Å². The summed E-state index contributed by atoms with van der Waals surface area (Å²) in [7, 11) is 0. The van der Waals surface area contributed by atoms with Gasteiger partial charge in [0.25, 0.3) is 5.91 Å². The zero-order chi connectivity index (χ0) is 18.4. The number of β-amino-alcohol motifs (C(OH)–C–C–N with tert-alkyl or cyclic N) is 1. The molecule has 1 aromatic carbocycles. The fraction of sp³-hybridized carbons (Fsp3) is 0.421. The number of amides is 1. The number of rotatable bonds is 6. The Balaban J connectivity index is 1.54. The van der Waals surface area contributed by atoms with Crippen molar-refractivity contribution < 1.29 is 19.4 Å². The Bertz CT molecular complexity index is 741. The van der Waals surface area contributed by atoms with Crippen LogP contribution in [0.1, 0.15) is 18.4 Å². The van der Waals surface area contributed by atoms with Crippen molar-refractivity contribution in [2.75, 3.05) is 26.3 Å². The Morgan fingerprint density at radius 1 is 1.23 bits per heavy atom. The molecule has 0 saturated carbocycles. The Hall–Kier alpha value is -2.67. The van der Waals surface area contributed by atoms with Crippen LogP contribution in [-0.4, -0.2) is 57.8 Å². The van der Waals surface area contributed by atoms with Crippen LogP contribution in [0, 0.1) is 6.92 Å². The van der Waals surface area contributed by atoms with Crippen LogP contribution in [0.3, 0.4) is 0 Å². The molecule has 7 heteroatoms. The van der Waals surface area contributed by atoms with Crippen LogP contribution in [-0.2, 0) is 4.79 Å². The Morgan fingerprint density at radius 2 is 2.00 bits per heavy atom. The number of carbonyl (C=O) groups excluding carboxylic acids is 1. The smallest absolute Gasteiger partial charge is 0.316 e. The number of aliphatic hydroxyl groups is 1. The number of hydrogen-bond acceptors (Lipinski definition) is 6. The lowest BCUT2D eigenvalue weighted by Gasteiger charge is -2.38. The largest absolute Gasteiger partial charge is 0.490 e. The number of aromatic nitrogens is 2. The van der Waals surface area contributed by atoms with E-state index in [1.54, 1.807) is 23.4 Å². The zero-order valence-corrected chi connectivity index (χ0v) is 14.8. The van der Waals surface area contributed by atoms with Crippen molar-refractivity contribution in [2.24, 2.45) is 0 Å². The molecule has 0 aliphatic carbocycles. The molecule has 2 heterocycles. The van der Waals surface area contributed by atoms with E-state index in [2.05, 4.69) is 9.97 Å². The van der Waals surface area contributed by atoms with Gasteiger partial charge in [-0.05, 0) is 37.5 Å². The highest BCUT2D eigenvalue weighted by Gasteiger charge is 2.36. The average molecular weight is 357 g/mol. The molecule has 0 unspecified atom stereocenters. The Labute approximate surface area is 152 Å². The molecule has 1 aliphatic rings. The van der Waals surface area contributed by atoms with Gasteiger partial charge >= 0.3 is 6.01 Å². The van der Waals surface area contributed by atoms with Gasteiger partial charge in [-0.1, -0.05) is 18.2 Å². The summed E-state index contributed by atoms with van der Waals surface area (Å²) in [6.07, 6.45) is 4.40. The number of para-hydroxylation sites is 1. The molecule has 1 aromatic heterocycles. The predicted octanol–water partition coefficient (Wildman–Crippen LogP) is 1.60. The lowest BCUT2D eigenvalue weighted by atomic mass is 9.93. The molecule has 1 saturated heterocycles. The van der Waals surface area contributed by atoms with Gasteiger partial charge in [0.1, 0.15) is 18.0 Å². The molecule has 138 valence electrons. The standard InChI is InChI=1S/C19H23N3O4/c1-15-6-2-3-7-16(15)26-14-19(24)8-4-11-22(13-19)17(23)12-25-18-20-9-5-10-21-18/h2-3,5-7,9-10,24H,4,8,11-14H2,1H3/t19-/m0/s1. The summed E-state index contributed by atoms with van der Waals surface area (Å²) in [5.74, 6) is 0.542. The number of piperidine rings is 1. The van der Waals surface area contributed by atoms with Crippen LogP contribution in [0.4, 0.5) is 0 Å². The maximum Gasteiger partial charge on any atom is 0.316 e. The van der Waals surface area contributed by atoms with Gasteiger partial charge in [0, 0.05) is 18.9 Å². The molecule has 1 atom stereocenters. The number of ether oxygens (including phenoxy) is 2. The summed E-state index contributed by atoms with van der Waals surface area (Å²) in [6.45, 7) is 2.75. The van der Waals surface area contributed by atoms with E-state index in [1.165, 1.54) is 0 Å². The van der Waals surface area contributed by atoms with E-state index < -0.39 is 5.60 Å². The second-order valence-electron chi connectivity index (χ2n) is 6.52. The number of aryl methyl sites for hydroxylation is 1. The topological polar surface area (TPSA) is 84.8 Å². The maximum atomic E-state index is 12.4. The van der Waals surface area contributed by atoms with Gasteiger partial charge < -0.3 is 19.5 Å². The van der Waals surface area contributed by atoms with Crippen molar-refractivity contribution >= 4 is 5.91 Å². The third-order valence-corrected chi connectivity index (χ3v) is 4.36. The minimum atomic E-state index is -1.07. The summed E-state index contributed by atoms with van der Waals surface area (Å²) < 4.78 is 11.1. The lowest BCUT2D eigenvalue weighted by molar-refractivity contribution is -0.142. The minimum absolute atomic E-state index is 0.143. The van der Waals surface area contributed by atoms with Crippen LogP contribution < -0.4 is 9.47 Å². The summed E-state index contributed by atoms with van der Waals surface area (Å²) in [6, 6.07) is 9.50. The molecule has 0 bridgehead atoms. The third-order valence-electron chi connectivity index (χ3n) is 4.36. The molecular weight excluding hydrogens is 334 g/mol. The second-order valence-corrected chi connectivity index (χ2v) is 6.52. The van der Waals surface area contributed by atoms with E-state index >= 15 is 0 Å². The number of likely N-dealkylation sites (tertiary alicyclic amines) is 1. The molecule has 2 aromatic rings. The normalized spacial score (nSPS) is 19.8. The summed E-state index contributed by atoms with van der Waals surface area (Å²) in [5, 5.41) is 10.8. The van der Waals surface area contributed by atoms with E-state index in [4.69, 9.17) is 9.47 Å². The SMILES string of the molecule is Cc1ccccc1OC[C@]1(O)CCCN(C(=O)COc2ncccn2)C1. The van der Waals surface area contributed by atoms with Gasteiger partial charge in [-0.25, -0.2) is 9.97 Å². The summed E-state index contributed by atoms with van der Waals surface area (Å²) in [5.41, 5.74) is -0.0597. The number of carbonyl (C=O) groups is 1. The fourth-order valence-corrected chi connectivity index (χ4v) is 2.95. The van der Waals surface area contributed by atoms with E-state index in [9.17, 15) is 9.90 Å². The monoisotopic (exact) mass is 357 g/mol. The van der Waals surface area contributed by atoms with Crippen LogP contribution in [0.15, 0.2) is 42.7 Å². The highest BCUT2D eigenvalue weighted by Crippen LogP contribution is 2.24. The van der Waals surface area contributed by atoms with Gasteiger partial charge in [0.05, 0.1) is 6.54 Å². The predicted molar refractivity (Wildman–Crippen MR) is 95.0 cm³/mol. The Kier molecular flexibility index (Phi) is 5.68. The quantitative estimate of drug-likeness (QED) is 0.845. The molecule has 3 rings (SSSR count). The molecule has 0 spiro atoms. The van der Waals surface area contributed by atoms with Gasteiger partial charge in [-0.3, -0.25) is 4.79 Å². The fourth-order valence-electron chi connectivity index (χ4n) is 2.95. The molecular formula is C19H23N3O4. The van der Waals surface area contributed by atoms with E-state index in [1.807, 2.05) is 31.2 Å². The van der Waals surface area contributed by atoms with E-state index in [0.717, 1.165) is 11.3 Å². The highest BCUT2D eigenvalue weighted by atomic mass is 16.5. The molecule has 26 heavy (non-hydrogen) atoms. The molecule has 1 aliphatic heterocycles. The van der Waals surface area contributed by atoms with Crippen LogP contribution in [0.25, 0.3) is 0 Å². The summed E-state index contributed by atoms with van der Waals surface area (Å²) >= 11 is 0. The highest BCUT2D eigenvalue weighted by molar-refractivity contribution is 5.77. The van der Waals surface area contributed by atoms with Gasteiger partial charge in [-0.2, -0.15) is 0 Å². The molecule has 7 nitrogen and oxygen atoms in total. The molecule has 0 radical (unpaired) electrons. The average Bonchev–Trinajstić information content (AvgIpc) is 2.66. The van der Waals surface area contributed by atoms with Crippen molar-refractivity contribution in [3.63, 3.8) is 0 Å². The Morgan fingerprint density at radius 3 is 2.77 bits per heavy atom. The van der Waals surface area contributed by atoms with E-state index in [-0.39, 0.29) is 31.7 Å². The molecule has 1 fully saturated rings.